The van der Waals surface area contributed by atoms with Gasteiger partial charge in [-0.2, -0.15) is 0 Å². The molecule has 0 unspecified atom stereocenters. The van der Waals surface area contributed by atoms with Gasteiger partial charge in [-0.1, -0.05) is 18.2 Å². The average Bonchev–Trinajstić information content (AvgIpc) is 2.77. The second kappa shape index (κ2) is 9.23. The van der Waals surface area contributed by atoms with Crippen LogP contribution in [0.1, 0.15) is 24.2 Å². The Labute approximate surface area is 187 Å². The van der Waals surface area contributed by atoms with Crippen molar-refractivity contribution in [3.05, 3.63) is 66.2 Å². The number of esters is 1. The van der Waals surface area contributed by atoms with E-state index in [1.54, 1.807) is 6.07 Å². The summed E-state index contributed by atoms with van der Waals surface area (Å²) < 4.78 is 11.3. The molecule has 5 nitrogen and oxygen atoms in total. The molecule has 4 aromatic rings. The van der Waals surface area contributed by atoms with Crippen LogP contribution in [0.3, 0.4) is 0 Å². The number of carbonyl (C=O) groups excluding carboxylic acids is 1. The number of nitrogen functional groups attached to an aromatic ring is 1. The van der Waals surface area contributed by atoms with Crippen molar-refractivity contribution in [2.24, 2.45) is 0 Å². The molecule has 0 fully saturated rings. The Balaban J connectivity index is 0.00000272. The van der Waals surface area contributed by atoms with Crippen LogP contribution in [0.15, 0.2) is 65.1 Å². The lowest BCUT2D eigenvalue weighted by Crippen LogP contribution is -3.00. The van der Waals surface area contributed by atoms with Crippen LogP contribution in [0, 0.1) is 0 Å². The van der Waals surface area contributed by atoms with E-state index in [2.05, 4.69) is 36.9 Å². The molecule has 4 rings (SSSR count). The van der Waals surface area contributed by atoms with Gasteiger partial charge in [-0.3, -0.25) is 0 Å². The molecule has 160 valence electrons. The van der Waals surface area contributed by atoms with Crippen LogP contribution in [0.2, 0.25) is 0 Å². The normalized spacial score (nSPS) is 10.7. The third-order valence-electron chi connectivity index (χ3n) is 5.46. The second-order valence-corrected chi connectivity index (χ2v) is 7.12. The van der Waals surface area contributed by atoms with E-state index in [0.717, 1.165) is 46.3 Å². The number of ether oxygens (including phenoxy) is 1. The van der Waals surface area contributed by atoms with Crippen molar-refractivity contribution in [3.8, 4) is 11.1 Å². The van der Waals surface area contributed by atoms with Gasteiger partial charge < -0.3 is 27.8 Å². The Morgan fingerprint density at radius 2 is 1.61 bits per heavy atom. The number of nitrogens with zero attached hydrogens (tertiary/aromatic N) is 1. The lowest BCUT2D eigenvalue weighted by Gasteiger charge is -2.20. The van der Waals surface area contributed by atoms with E-state index < -0.39 is 0 Å². The van der Waals surface area contributed by atoms with Crippen molar-refractivity contribution in [3.63, 3.8) is 0 Å². The molecule has 0 spiro atoms. The Bertz CT molecular complexity index is 1250. The summed E-state index contributed by atoms with van der Waals surface area (Å²) in [4.78, 5) is 14.7. The molecular formula is C25H25ClN2O3. The zero-order valence-electron chi connectivity index (χ0n) is 17.8. The zero-order chi connectivity index (χ0) is 21.3. The Morgan fingerprint density at radius 1 is 0.968 bits per heavy atom. The number of fused-ring (bicyclic) bond motifs is 2. The minimum absolute atomic E-state index is 0. The van der Waals surface area contributed by atoms with Crippen LogP contribution in [0.4, 0.5) is 11.4 Å². The summed E-state index contributed by atoms with van der Waals surface area (Å²) in [6.45, 7) is 6.06. The lowest BCUT2D eigenvalue weighted by atomic mass is 9.93. The molecule has 3 aromatic carbocycles. The van der Waals surface area contributed by atoms with Crippen molar-refractivity contribution in [2.75, 3.05) is 30.8 Å². The van der Waals surface area contributed by atoms with Crippen molar-refractivity contribution in [1.29, 1.82) is 0 Å². The fourth-order valence-corrected chi connectivity index (χ4v) is 3.96. The number of hydrogen-bond donors (Lipinski definition) is 1. The first kappa shape index (κ1) is 22.4. The summed E-state index contributed by atoms with van der Waals surface area (Å²) in [6, 6.07) is 19.3. The average molecular weight is 437 g/mol. The van der Waals surface area contributed by atoms with Crippen LogP contribution < -0.4 is 23.0 Å². The van der Waals surface area contributed by atoms with Crippen LogP contribution in [-0.4, -0.2) is 26.2 Å². The first-order chi connectivity index (χ1) is 14.6. The molecule has 0 aliphatic rings. The molecule has 0 aliphatic carbocycles. The van der Waals surface area contributed by atoms with Gasteiger partial charge >= 0.3 is 17.1 Å². The molecule has 0 saturated carbocycles. The fourth-order valence-electron chi connectivity index (χ4n) is 3.96. The summed E-state index contributed by atoms with van der Waals surface area (Å²) in [6.07, 6.45) is 0. The largest absolute Gasteiger partial charge is 1.00 e. The van der Waals surface area contributed by atoms with E-state index in [1.165, 1.54) is 7.11 Å². The van der Waals surface area contributed by atoms with Gasteiger partial charge in [0.25, 0.3) is 0 Å². The monoisotopic (exact) mass is 436 g/mol. The highest BCUT2D eigenvalue weighted by Crippen LogP contribution is 2.40. The summed E-state index contributed by atoms with van der Waals surface area (Å²) in [5.41, 5.74) is 11.4. The molecule has 31 heavy (non-hydrogen) atoms. The number of anilines is 2. The minimum atomic E-state index is -0.372. The summed E-state index contributed by atoms with van der Waals surface area (Å²) in [7, 11) is 1.40. The van der Waals surface area contributed by atoms with E-state index in [1.807, 2.05) is 36.4 Å². The van der Waals surface area contributed by atoms with Gasteiger partial charge in [-0.15, -0.1) is 0 Å². The quantitative estimate of drug-likeness (QED) is 0.225. The maximum atomic E-state index is 12.5. The molecule has 0 aliphatic heterocycles. The van der Waals surface area contributed by atoms with Gasteiger partial charge in [0, 0.05) is 30.0 Å². The van der Waals surface area contributed by atoms with Crippen molar-refractivity contribution in [2.45, 2.75) is 13.8 Å². The molecule has 6 heteroatoms. The predicted molar refractivity (Wildman–Crippen MR) is 123 cm³/mol. The molecule has 0 amide bonds. The maximum Gasteiger partial charge on any atom is 0.363 e. The number of hydrogen-bond acceptors (Lipinski definition) is 4. The third-order valence-corrected chi connectivity index (χ3v) is 5.46. The van der Waals surface area contributed by atoms with Gasteiger partial charge in [0.05, 0.1) is 35.6 Å². The third kappa shape index (κ3) is 4.01. The van der Waals surface area contributed by atoms with Crippen molar-refractivity contribution >= 4 is 39.3 Å². The van der Waals surface area contributed by atoms with E-state index >= 15 is 0 Å². The Hall–Kier alpha value is -3.31. The number of rotatable bonds is 5. The second-order valence-electron chi connectivity index (χ2n) is 7.12. The highest BCUT2D eigenvalue weighted by atomic mass is 35.5. The number of halogens is 1. The SMILES string of the molecule is CCN(CC)c1ccc2c(-c3ccccc3C(=O)OC)c3ccc(N)cc3[o+]c2c1.[Cl-]. The molecule has 2 N–H and O–H groups in total. The fraction of sp³-hybridized carbons (Fsp3) is 0.200. The summed E-state index contributed by atoms with van der Waals surface area (Å²) in [5, 5.41) is 1.82. The molecule has 1 aromatic heterocycles. The van der Waals surface area contributed by atoms with E-state index in [0.29, 0.717) is 16.8 Å². The lowest BCUT2D eigenvalue weighted by molar-refractivity contribution is -0.0000211. The van der Waals surface area contributed by atoms with Gasteiger partial charge in [0.1, 0.15) is 0 Å². The van der Waals surface area contributed by atoms with Crippen LogP contribution in [-0.2, 0) is 4.74 Å². The van der Waals surface area contributed by atoms with Crippen LogP contribution in [0.25, 0.3) is 33.1 Å². The van der Waals surface area contributed by atoms with E-state index in [-0.39, 0.29) is 18.4 Å². The molecular weight excluding hydrogens is 412 g/mol. The van der Waals surface area contributed by atoms with Crippen LogP contribution in [0.5, 0.6) is 0 Å². The summed E-state index contributed by atoms with van der Waals surface area (Å²) >= 11 is 0. The van der Waals surface area contributed by atoms with Gasteiger partial charge in [0.15, 0.2) is 0 Å². The molecule has 0 bridgehead atoms. The van der Waals surface area contributed by atoms with E-state index in [9.17, 15) is 4.79 Å². The molecule has 0 radical (unpaired) electrons. The van der Waals surface area contributed by atoms with Gasteiger partial charge in [-0.25, -0.2) is 9.21 Å². The predicted octanol–water partition coefficient (Wildman–Crippen LogP) is 2.75. The maximum absolute atomic E-state index is 12.5. The smallest absolute Gasteiger partial charge is 0.363 e. The zero-order valence-corrected chi connectivity index (χ0v) is 18.6. The Morgan fingerprint density at radius 3 is 2.29 bits per heavy atom. The van der Waals surface area contributed by atoms with Crippen LogP contribution >= 0.6 is 0 Å². The minimum Gasteiger partial charge on any atom is -1.00 e. The molecule has 0 saturated heterocycles. The summed E-state index contributed by atoms with van der Waals surface area (Å²) in [5.74, 6) is -0.372. The number of benzene rings is 3. The van der Waals surface area contributed by atoms with Gasteiger partial charge in [-0.05, 0) is 49.7 Å². The molecule has 1 heterocycles. The van der Waals surface area contributed by atoms with E-state index in [4.69, 9.17) is 14.9 Å². The number of methoxy groups -OCH3 is 1. The van der Waals surface area contributed by atoms with Crippen molar-refractivity contribution < 1.29 is 26.4 Å². The standard InChI is InChI=1S/C25H25N2O3.ClH/c1-4-27(5-2)17-11-13-21-23(15-17)30-22-14-16(26)10-12-20(22)24(21)18-8-6-7-9-19(18)25(28)29-3;/h6-15H,4-5,26H2,1-3H3;1H/q+1;/p-1. The Kier molecular flexibility index (Phi) is 6.66. The highest BCUT2D eigenvalue weighted by Gasteiger charge is 2.24. The first-order valence-corrected chi connectivity index (χ1v) is 10.1. The van der Waals surface area contributed by atoms with Crippen molar-refractivity contribution in [1.82, 2.24) is 0 Å². The van der Waals surface area contributed by atoms with Gasteiger partial charge in [0.2, 0.25) is 0 Å². The topological polar surface area (TPSA) is 66.9 Å². The highest BCUT2D eigenvalue weighted by molar-refractivity contribution is 6.12. The first-order valence-electron chi connectivity index (χ1n) is 10.1. The number of carbonyl (C=O) groups is 1. The molecule has 0 atom stereocenters. The number of nitrogens with two attached hydrogens (primary N) is 1.